The Morgan fingerprint density at radius 2 is 1.80 bits per heavy atom. The molecule has 0 spiro atoms. The SMILES string of the molecule is COCC1OC(OC2C3=C(C(C)C)CCC3(C)C=C3C(CCC3(O)COC)C(C)C2O)C(O)C(O)C1OC(C)(CO)C1CO1. The van der Waals surface area contributed by atoms with Crippen LogP contribution in [0.25, 0.3) is 0 Å². The topological polar surface area (TPSA) is 160 Å². The zero-order valence-corrected chi connectivity index (χ0v) is 27.3. The Labute approximate surface area is 261 Å². The Balaban J connectivity index is 1.50. The normalized spacial score (nSPS) is 45.4. The first-order valence-corrected chi connectivity index (χ1v) is 16.2. The van der Waals surface area contributed by atoms with Gasteiger partial charge in [0.25, 0.3) is 0 Å². The lowest BCUT2D eigenvalue weighted by atomic mass is 9.68. The Morgan fingerprint density at radius 3 is 2.39 bits per heavy atom. The molecular formula is C33H54O11. The van der Waals surface area contributed by atoms with Gasteiger partial charge in [0, 0.05) is 19.6 Å². The number of methoxy groups -OCH3 is 2. The lowest BCUT2D eigenvalue weighted by Gasteiger charge is -2.48. The lowest BCUT2D eigenvalue weighted by molar-refractivity contribution is -0.334. The average Bonchev–Trinajstić information content (AvgIpc) is 3.72. The molecule has 0 bridgehead atoms. The summed E-state index contributed by atoms with van der Waals surface area (Å²) in [7, 11) is 3.10. The van der Waals surface area contributed by atoms with Gasteiger partial charge in [-0.15, -0.1) is 0 Å². The fourth-order valence-electron chi connectivity index (χ4n) is 8.22. The Bertz CT molecular complexity index is 1090. The van der Waals surface area contributed by atoms with Crippen LogP contribution in [0.15, 0.2) is 22.8 Å². The number of aliphatic hydroxyl groups is 5. The molecule has 252 valence electrons. The zero-order valence-electron chi connectivity index (χ0n) is 27.3. The van der Waals surface area contributed by atoms with E-state index in [9.17, 15) is 25.5 Å². The molecule has 1 saturated carbocycles. The highest BCUT2D eigenvalue weighted by Crippen LogP contribution is 2.56. The minimum atomic E-state index is -1.51. The third-order valence-corrected chi connectivity index (χ3v) is 11.0. The van der Waals surface area contributed by atoms with Crippen molar-refractivity contribution in [2.45, 2.75) is 121 Å². The van der Waals surface area contributed by atoms with E-state index in [1.165, 1.54) is 12.7 Å². The molecule has 0 amide bonds. The number of epoxide rings is 1. The van der Waals surface area contributed by atoms with Gasteiger partial charge in [-0.3, -0.25) is 0 Å². The number of rotatable bonds is 11. The molecule has 2 saturated heterocycles. The van der Waals surface area contributed by atoms with E-state index in [4.69, 9.17) is 28.4 Å². The molecule has 13 unspecified atom stereocenters. The molecule has 0 aromatic carbocycles. The first-order valence-electron chi connectivity index (χ1n) is 16.2. The van der Waals surface area contributed by atoms with E-state index in [0.717, 1.165) is 24.0 Å². The fourth-order valence-corrected chi connectivity index (χ4v) is 8.22. The number of hydrogen-bond donors (Lipinski definition) is 5. The summed E-state index contributed by atoms with van der Waals surface area (Å²) in [5, 5.41) is 56.7. The van der Waals surface area contributed by atoms with Crippen molar-refractivity contribution in [2.24, 2.45) is 23.2 Å². The van der Waals surface area contributed by atoms with Crippen molar-refractivity contribution in [2.75, 3.05) is 40.6 Å². The number of hydrogen-bond acceptors (Lipinski definition) is 11. The van der Waals surface area contributed by atoms with Gasteiger partial charge < -0.3 is 54.0 Å². The highest BCUT2D eigenvalue weighted by molar-refractivity contribution is 5.42. The average molecular weight is 627 g/mol. The zero-order chi connectivity index (χ0) is 32.2. The lowest BCUT2D eigenvalue weighted by Crippen LogP contribution is -2.63. The van der Waals surface area contributed by atoms with Crippen molar-refractivity contribution in [3.8, 4) is 0 Å². The summed E-state index contributed by atoms with van der Waals surface area (Å²) in [4.78, 5) is 0. The predicted molar refractivity (Wildman–Crippen MR) is 160 cm³/mol. The van der Waals surface area contributed by atoms with Crippen LogP contribution in [0.3, 0.4) is 0 Å². The molecule has 11 heteroatoms. The molecule has 44 heavy (non-hydrogen) atoms. The minimum Gasteiger partial charge on any atom is -0.393 e. The standard InChI is InChI=1S/C33H54O11/c1-17(2)19-8-10-31(4)12-21-20(9-11-33(21,38)16-40-7)18(3)25(35)29(24(19)31)43-30-27(37)26(36)28(22(42-30)13-39-6)44-32(5,15-34)23-14-41-23/h12,17-18,20,22-23,25-30,34-38H,8-11,13-16H2,1-7H3. The van der Waals surface area contributed by atoms with Gasteiger partial charge in [0.1, 0.15) is 47.8 Å². The van der Waals surface area contributed by atoms with Crippen LogP contribution in [0.2, 0.25) is 0 Å². The van der Waals surface area contributed by atoms with Crippen LogP contribution < -0.4 is 0 Å². The largest absolute Gasteiger partial charge is 0.393 e. The molecule has 5 N–H and O–H groups in total. The molecular weight excluding hydrogens is 572 g/mol. The molecule has 5 aliphatic rings. The molecule has 0 radical (unpaired) electrons. The molecule has 0 aromatic heterocycles. The number of allylic oxidation sites excluding steroid dienone is 2. The smallest absolute Gasteiger partial charge is 0.187 e. The first kappa shape index (κ1) is 34.4. The van der Waals surface area contributed by atoms with E-state index in [1.807, 2.05) is 6.92 Å². The molecule has 5 rings (SSSR count). The van der Waals surface area contributed by atoms with Crippen LogP contribution in [0.5, 0.6) is 0 Å². The second kappa shape index (κ2) is 12.9. The maximum absolute atomic E-state index is 12.1. The van der Waals surface area contributed by atoms with Crippen LogP contribution in [-0.4, -0.2) is 126 Å². The summed E-state index contributed by atoms with van der Waals surface area (Å²) in [6.45, 7) is 10.4. The summed E-state index contributed by atoms with van der Waals surface area (Å²) < 4.78 is 35.4. The quantitative estimate of drug-likeness (QED) is 0.167. The molecule has 0 aromatic rings. The summed E-state index contributed by atoms with van der Waals surface area (Å²) in [5.41, 5.74) is 0.322. The van der Waals surface area contributed by atoms with Crippen LogP contribution in [-0.2, 0) is 28.4 Å². The second-order valence-electron chi connectivity index (χ2n) is 14.5. The highest BCUT2D eigenvalue weighted by atomic mass is 16.7. The van der Waals surface area contributed by atoms with Crippen molar-refractivity contribution < 1.29 is 54.0 Å². The van der Waals surface area contributed by atoms with Crippen molar-refractivity contribution in [1.29, 1.82) is 0 Å². The Morgan fingerprint density at radius 1 is 1.09 bits per heavy atom. The molecule has 3 aliphatic carbocycles. The van der Waals surface area contributed by atoms with Gasteiger partial charge in [-0.25, -0.2) is 0 Å². The van der Waals surface area contributed by atoms with Gasteiger partial charge in [0.15, 0.2) is 6.29 Å². The predicted octanol–water partition coefficient (Wildman–Crippen LogP) is 1.48. The third kappa shape index (κ3) is 6.08. The Hall–Kier alpha value is -0.960. The van der Waals surface area contributed by atoms with Crippen molar-refractivity contribution >= 4 is 0 Å². The van der Waals surface area contributed by atoms with E-state index >= 15 is 0 Å². The summed E-state index contributed by atoms with van der Waals surface area (Å²) in [5.74, 6) is -0.193. The van der Waals surface area contributed by atoms with Crippen LogP contribution in [0.4, 0.5) is 0 Å². The number of fused-ring (bicyclic) bond motifs is 2. The number of aliphatic hydroxyl groups excluding tert-OH is 4. The second-order valence-corrected chi connectivity index (χ2v) is 14.5. The van der Waals surface area contributed by atoms with Crippen LogP contribution in [0.1, 0.15) is 60.3 Å². The van der Waals surface area contributed by atoms with Gasteiger partial charge in [-0.1, -0.05) is 39.3 Å². The van der Waals surface area contributed by atoms with E-state index in [-0.39, 0.29) is 43.7 Å². The van der Waals surface area contributed by atoms with Crippen molar-refractivity contribution in [3.63, 3.8) is 0 Å². The molecule has 2 heterocycles. The van der Waals surface area contributed by atoms with Gasteiger partial charge in [-0.2, -0.15) is 0 Å². The van der Waals surface area contributed by atoms with Crippen LogP contribution >= 0.6 is 0 Å². The summed E-state index contributed by atoms with van der Waals surface area (Å²) >= 11 is 0. The van der Waals surface area contributed by atoms with E-state index in [2.05, 4.69) is 26.8 Å². The van der Waals surface area contributed by atoms with Gasteiger partial charge >= 0.3 is 0 Å². The minimum absolute atomic E-state index is 0.0366. The van der Waals surface area contributed by atoms with Gasteiger partial charge in [0.2, 0.25) is 0 Å². The fraction of sp³-hybridized carbons (Fsp3) is 0.879. The summed E-state index contributed by atoms with van der Waals surface area (Å²) in [6.07, 6.45) is -3.21. The molecule has 3 fully saturated rings. The first-order chi connectivity index (χ1) is 20.7. The highest BCUT2D eigenvalue weighted by Gasteiger charge is 2.56. The molecule has 2 aliphatic heterocycles. The maximum Gasteiger partial charge on any atom is 0.187 e. The molecule has 13 atom stereocenters. The third-order valence-electron chi connectivity index (χ3n) is 11.0. The van der Waals surface area contributed by atoms with E-state index in [0.29, 0.717) is 19.4 Å². The van der Waals surface area contributed by atoms with Gasteiger partial charge in [0.05, 0.1) is 32.5 Å². The van der Waals surface area contributed by atoms with Crippen LogP contribution in [0, 0.1) is 23.2 Å². The van der Waals surface area contributed by atoms with Gasteiger partial charge in [-0.05, 0) is 61.5 Å². The monoisotopic (exact) mass is 626 g/mol. The van der Waals surface area contributed by atoms with Crippen molar-refractivity contribution in [1.82, 2.24) is 0 Å². The van der Waals surface area contributed by atoms with E-state index < -0.39 is 59.5 Å². The van der Waals surface area contributed by atoms with Crippen molar-refractivity contribution in [3.05, 3.63) is 22.8 Å². The molecule has 11 nitrogen and oxygen atoms in total. The van der Waals surface area contributed by atoms with E-state index in [1.54, 1.807) is 14.0 Å². The number of ether oxygens (including phenoxy) is 6. The maximum atomic E-state index is 12.1. The summed E-state index contributed by atoms with van der Waals surface area (Å²) in [6, 6.07) is 0. The Kier molecular flexibility index (Phi) is 10.1.